The molecular weight excluding hydrogens is 186 g/mol. The first-order valence-electron chi connectivity index (χ1n) is 4.57. The maximum Gasteiger partial charge on any atom is 0.407 e. The van der Waals surface area contributed by atoms with Crippen molar-refractivity contribution in [3.8, 4) is 0 Å². The summed E-state index contributed by atoms with van der Waals surface area (Å²) in [5.41, 5.74) is 0. The Balaban J connectivity index is 3.27. The summed E-state index contributed by atoms with van der Waals surface area (Å²) in [6.45, 7) is 3.06. The second-order valence-electron chi connectivity index (χ2n) is 2.57. The second kappa shape index (κ2) is 8.15. The van der Waals surface area contributed by atoms with Gasteiger partial charge in [0, 0.05) is 20.1 Å². The van der Waals surface area contributed by atoms with E-state index in [1.54, 1.807) is 0 Å². The van der Waals surface area contributed by atoms with Gasteiger partial charge in [0.2, 0.25) is 0 Å². The monoisotopic (exact) mass is 203 g/mol. The fourth-order valence-electron chi connectivity index (χ4n) is 0.675. The Labute approximate surface area is 83.4 Å². The van der Waals surface area contributed by atoms with Gasteiger partial charge >= 0.3 is 12.1 Å². The number of urea groups is 1. The lowest BCUT2D eigenvalue weighted by molar-refractivity contribution is 0.146. The van der Waals surface area contributed by atoms with Crippen LogP contribution in [0.3, 0.4) is 0 Å². The average Bonchev–Trinajstić information content (AvgIpc) is 2.21. The van der Waals surface area contributed by atoms with Crippen LogP contribution < -0.4 is 16.0 Å². The van der Waals surface area contributed by atoms with Crippen molar-refractivity contribution in [2.75, 3.05) is 26.7 Å². The smallest absolute Gasteiger partial charge is 0.407 e. The minimum Gasteiger partial charge on any atom is -0.450 e. The van der Waals surface area contributed by atoms with E-state index in [9.17, 15) is 9.59 Å². The molecule has 0 atom stereocenters. The molecule has 0 bridgehead atoms. The van der Waals surface area contributed by atoms with Gasteiger partial charge in [-0.1, -0.05) is 6.92 Å². The van der Waals surface area contributed by atoms with Gasteiger partial charge in [0.05, 0.1) is 6.61 Å². The van der Waals surface area contributed by atoms with E-state index in [0.717, 1.165) is 6.42 Å². The average molecular weight is 203 g/mol. The van der Waals surface area contributed by atoms with Gasteiger partial charge in [0.25, 0.3) is 0 Å². The molecule has 82 valence electrons. The van der Waals surface area contributed by atoms with Crippen molar-refractivity contribution in [3.05, 3.63) is 0 Å². The second-order valence-corrected chi connectivity index (χ2v) is 2.57. The molecule has 0 aliphatic carbocycles. The Hall–Kier alpha value is -1.46. The van der Waals surface area contributed by atoms with E-state index in [0.29, 0.717) is 19.7 Å². The number of ether oxygens (including phenoxy) is 1. The minimum absolute atomic E-state index is 0.270. The van der Waals surface area contributed by atoms with Gasteiger partial charge in [0.15, 0.2) is 0 Å². The summed E-state index contributed by atoms with van der Waals surface area (Å²) in [6.07, 6.45) is 0.342. The largest absolute Gasteiger partial charge is 0.450 e. The lowest BCUT2D eigenvalue weighted by atomic mass is 10.5. The minimum atomic E-state index is -0.453. The van der Waals surface area contributed by atoms with E-state index in [1.165, 1.54) is 7.05 Å². The van der Waals surface area contributed by atoms with Crippen LogP contribution in [0, 0.1) is 0 Å². The summed E-state index contributed by atoms with van der Waals surface area (Å²) in [5, 5.41) is 7.41. The van der Waals surface area contributed by atoms with Gasteiger partial charge in [-0.15, -0.1) is 0 Å². The van der Waals surface area contributed by atoms with Crippen molar-refractivity contribution in [2.24, 2.45) is 0 Å². The molecule has 0 aliphatic heterocycles. The SMILES string of the molecule is CCCOC(=O)NCCNC(=O)NC. The molecule has 0 saturated carbocycles. The number of amides is 3. The van der Waals surface area contributed by atoms with Crippen LogP contribution in [-0.2, 0) is 4.74 Å². The Morgan fingerprint density at radius 2 is 1.86 bits per heavy atom. The highest BCUT2D eigenvalue weighted by Gasteiger charge is 1.99. The lowest BCUT2D eigenvalue weighted by Crippen LogP contribution is -2.38. The van der Waals surface area contributed by atoms with E-state index < -0.39 is 6.09 Å². The number of carbonyl (C=O) groups is 2. The van der Waals surface area contributed by atoms with Crippen LogP contribution in [0.25, 0.3) is 0 Å². The Morgan fingerprint density at radius 3 is 2.43 bits per heavy atom. The van der Waals surface area contributed by atoms with Gasteiger partial charge in [-0.3, -0.25) is 0 Å². The van der Waals surface area contributed by atoms with E-state index >= 15 is 0 Å². The first kappa shape index (κ1) is 12.5. The number of carbonyl (C=O) groups excluding carboxylic acids is 2. The maximum atomic E-state index is 10.9. The van der Waals surface area contributed by atoms with Crippen molar-refractivity contribution in [3.63, 3.8) is 0 Å². The molecule has 0 heterocycles. The number of nitrogens with one attached hydrogen (secondary N) is 3. The standard InChI is InChI=1S/C8H17N3O3/c1-3-6-14-8(13)11-5-4-10-7(12)9-2/h3-6H2,1-2H3,(H,11,13)(H2,9,10,12). The summed E-state index contributed by atoms with van der Waals surface area (Å²) >= 11 is 0. The van der Waals surface area contributed by atoms with E-state index in [1.807, 2.05) is 6.92 Å². The third-order valence-corrected chi connectivity index (χ3v) is 1.34. The van der Waals surface area contributed by atoms with Crippen molar-refractivity contribution >= 4 is 12.1 Å². The molecule has 0 aliphatic rings. The molecule has 14 heavy (non-hydrogen) atoms. The third-order valence-electron chi connectivity index (χ3n) is 1.34. The molecule has 0 saturated heterocycles. The molecular formula is C8H17N3O3. The summed E-state index contributed by atoms with van der Waals surface area (Å²) in [6, 6.07) is -0.270. The summed E-state index contributed by atoms with van der Waals surface area (Å²) in [7, 11) is 1.53. The zero-order chi connectivity index (χ0) is 10.8. The van der Waals surface area contributed by atoms with Crippen LogP contribution in [0.5, 0.6) is 0 Å². The lowest BCUT2D eigenvalue weighted by Gasteiger charge is -2.06. The normalized spacial score (nSPS) is 9.00. The van der Waals surface area contributed by atoms with Gasteiger partial charge in [-0.05, 0) is 6.42 Å². The van der Waals surface area contributed by atoms with Crippen molar-refractivity contribution in [1.82, 2.24) is 16.0 Å². The summed E-state index contributed by atoms with van der Waals surface area (Å²) in [5.74, 6) is 0. The van der Waals surface area contributed by atoms with Gasteiger partial charge in [0.1, 0.15) is 0 Å². The highest BCUT2D eigenvalue weighted by atomic mass is 16.5. The molecule has 6 nitrogen and oxygen atoms in total. The molecule has 0 aromatic heterocycles. The zero-order valence-corrected chi connectivity index (χ0v) is 8.55. The number of hydrogen-bond donors (Lipinski definition) is 3. The van der Waals surface area contributed by atoms with Crippen LogP contribution in [0.1, 0.15) is 13.3 Å². The zero-order valence-electron chi connectivity index (χ0n) is 8.55. The molecule has 0 radical (unpaired) electrons. The highest BCUT2D eigenvalue weighted by Crippen LogP contribution is 1.80. The first-order chi connectivity index (χ1) is 6.70. The molecule has 0 spiro atoms. The maximum absolute atomic E-state index is 10.9. The van der Waals surface area contributed by atoms with Crippen LogP contribution in [-0.4, -0.2) is 38.9 Å². The quantitative estimate of drug-likeness (QED) is 0.552. The molecule has 0 rings (SSSR count). The van der Waals surface area contributed by atoms with Gasteiger partial charge < -0.3 is 20.7 Å². The molecule has 6 heteroatoms. The first-order valence-corrected chi connectivity index (χ1v) is 4.57. The van der Waals surface area contributed by atoms with Crippen LogP contribution >= 0.6 is 0 Å². The topological polar surface area (TPSA) is 79.5 Å². The molecule has 0 unspecified atom stereocenters. The predicted octanol–water partition coefficient (Wildman–Crippen LogP) is 0.0516. The van der Waals surface area contributed by atoms with E-state index in [-0.39, 0.29) is 6.03 Å². The van der Waals surface area contributed by atoms with Crippen molar-refractivity contribution in [2.45, 2.75) is 13.3 Å². The van der Waals surface area contributed by atoms with Crippen molar-refractivity contribution in [1.29, 1.82) is 0 Å². The number of rotatable bonds is 5. The number of hydrogen-bond acceptors (Lipinski definition) is 3. The van der Waals surface area contributed by atoms with E-state index in [2.05, 4.69) is 16.0 Å². The van der Waals surface area contributed by atoms with Crippen LogP contribution in [0.2, 0.25) is 0 Å². The van der Waals surface area contributed by atoms with Crippen LogP contribution in [0.15, 0.2) is 0 Å². The highest BCUT2D eigenvalue weighted by molar-refractivity contribution is 5.73. The van der Waals surface area contributed by atoms with Gasteiger partial charge in [-0.2, -0.15) is 0 Å². The fourth-order valence-corrected chi connectivity index (χ4v) is 0.675. The van der Waals surface area contributed by atoms with Gasteiger partial charge in [-0.25, -0.2) is 9.59 Å². The summed E-state index contributed by atoms with van der Waals surface area (Å²) < 4.78 is 4.75. The Bertz CT molecular complexity index is 185. The van der Waals surface area contributed by atoms with Crippen molar-refractivity contribution < 1.29 is 14.3 Å². The summed E-state index contributed by atoms with van der Waals surface area (Å²) in [4.78, 5) is 21.5. The molecule has 0 fully saturated rings. The fraction of sp³-hybridized carbons (Fsp3) is 0.750. The molecule has 3 amide bonds. The van der Waals surface area contributed by atoms with Crippen LogP contribution in [0.4, 0.5) is 9.59 Å². The Morgan fingerprint density at radius 1 is 1.21 bits per heavy atom. The molecule has 3 N–H and O–H groups in total. The molecule has 0 aromatic rings. The Kier molecular flexibility index (Phi) is 7.30. The molecule has 0 aromatic carbocycles. The number of alkyl carbamates (subject to hydrolysis) is 1. The van der Waals surface area contributed by atoms with E-state index in [4.69, 9.17) is 4.74 Å². The predicted molar refractivity (Wildman–Crippen MR) is 52.1 cm³/mol. The third kappa shape index (κ3) is 7.20.